The Morgan fingerprint density at radius 1 is 1.43 bits per heavy atom. The van der Waals surface area contributed by atoms with Gasteiger partial charge in [0, 0.05) is 25.2 Å². The van der Waals surface area contributed by atoms with Crippen LogP contribution < -0.4 is 9.46 Å². The van der Waals surface area contributed by atoms with Crippen molar-refractivity contribution >= 4 is 16.2 Å². The normalized spacial score (nSPS) is 13.1. The predicted molar refractivity (Wildman–Crippen MR) is 78.3 cm³/mol. The molecule has 1 rings (SSSR count). The molecule has 0 heterocycles. The third kappa shape index (κ3) is 5.00. The van der Waals surface area contributed by atoms with Crippen LogP contribution >= 0.6 is 0 Å². The first-order valence-corrected chi connectivity index (χ1v) is 7.80. The summed E-state index contributed by atoms with van der Waals surface area (Å²) in [7, 11) is -0.917. The molecule has 0 radical (unpaired) electrons. The van der Waals surface area contributed by atoms with Gasteiger partial charge in [0.2, 0.25) is 0 Å². The third-order valence-corrected chi connectivity index (χ3v) is 4.64. The molecule has 0 saturated carbocycles. The number of rotatable bonds is 8. The fourth-order valence-electron chi connectivity index (χ4n) is 1.77. The van der Waals surface area contributed by atoms with E-state index in [4.69, 9.17) is 9.84 Å². The number of hydrogen-bond acceptors (Lipinski definition) is 4. The highest BCUT2D eigenvalue weighted by molar-refractivity contribution is 7.87. The molecule has 0 aliphatic rings. The van der Waals surface area contributed by atoms with Crippen LogP contribution in [0.15, 0.2) is 24.3 Å². The summed E-state index contributed by atoms with van der Waals surface area (Å²) >= 11 is 0. The Kier molecular flexibility index (Phi) is 6.13. The maximum absolute atomic E-state index is 12.1. The first-order valence-electron chi connectivity index (χ1n) is 6.36. The number of nitrogens with zero attached hydrogens (tertiary/aromatic N) is 1. The summed E-state index contributed by atoms with van der Waals surface area (Å²) in [4.78, 5) is 10.5. The minimum Gasteiger partial charge on any atom is -0.496 e. The lowest BCUT2D eigenvalue weighted by molar-refractivity contribution is -0.137. The molecular weight excluding hydrogens is 296 g/mol. The predicted octanol–water partition coefficient (Wildman–Crippen LogP) is 0.997. The van der Waals surface area contributed by atoms with Crippen LogP contribution in [0.5, 0.6) is 5.75 Å². The standard InChI is InChI=1S/C13H20N2O5S/c1-10(11-6-4-5-7-12(11)20-3)14-21(18,19)15(2)9-8-13(16)17/h4-7,10,14H,8-9H2,1-3H3,(H,16,17)/t10-/m1/s1. The van der Waals surface area contributed by atoms with Crippen LogP contribution in [0.2, 0.25) is 0 Å². The highest BCUT2D eigenvalue weighted by Gasteiger charge is 2.22. The van der Waals surface area contributed by atoms with E-state index in [-0.39, 0.29) is 13.0 Å². The van der Waals surface area contributed by atoms with Gasteiger partial charge in [-0.15, -0.1) is 0 Å². The second-order valence-electron chi connectivity index (χ2n) is 4.55. The molecule has 8 heteroatoms. The fraction of sp³-hybridized carbons (Fsp3) is 0.462. The van der Waals surface area contributed by atoms with Crippen LogP contribution in [0.4, 0.5) is 0 Å². The highest BCUT2D eigenvalue weighted by atomic mass is 32.2. The van der Waals surface area contributed by atoms with Crippen molar-refractivity contribution in [1.29, 1.82) is 0 Å². The Morgan fingerprint density at radius 3 is 2.62 bits per heavy atom. The van der Waals surface area contributed by atoms with E-state index < -0.39 is 22.2 Å². The molecule has 0 aliphatic carbocycles. The number of hydrogen-bond donors (Lipinski definition) is 2. The molecule has 0 spiro atoms. The quantitative estimate of drug-likeness (QED) is 0.746. The Labute approximate surface area is 124 Å². The van der Waals surface area contributed by atoms with Crippen LogP contribution in [0, 0.1) is 0 Å². The monoisotopic (exact) mass is 316 g/mol. The van der Waals surface area contributed by atoms with Gasteiger partial charge in [-0.3, -0.25) is 4.79 Å². The molecule has 1 aromatic carbocycles. The van der Waals surface area contributed by atoms with E-state index >= 15 is 0 Å². The smallest absolute Gasteiger partial charge is 0.304 e. The van der Waals surface area contributed by atoms with Crippen molar-refractivity contribution < 1.29 is 23.1 Å². The van der Waals surface area contributed by atoms with Gasteiger partial charge in [0.1, 0.15) is 5.75 Å². The number of para-hydroxylation sites is 1. The SMILES string of the molecule is COc1ccccc1[C@@H](C)NS(=O)(=O)N(C)CCC(=O)O. The zero-order chi connectivity index (χ0) is 16.0. The minimum absolute atomic E-state index is 0.0939. The number of carbonyl (C=O) groups is 1. The van der Waals surface area contributed by atoms with Gasteiger partial charge in [0.15, 0.2) is 0 Å². The fourth-order valence-corrected chi connectivity index (χ4v) is 2.86. The molecule has 7 nitrogen and oxygen atoms in total. The average Bonchev–Trinajstić information content (AvgIpc) is 2.43. The zero-order valence-electron chi connectivity index (χ0n) is 12.2. The Hall–Kier alpha value is -1.64. The average molecular weight is 316 g/mol. The largest absolute Gasteiger partial charge is 0.496 e. The summed E-state index contributed by atoms with van der Waals surface area (Å²) in [6, 6.07) is 6.59. The van der Waals surface area contributed by atoms with Gasteiger partial charge in [-0.25, -0.2) is 0 Å². The number of benzene rings is 1. The van der Waals surface area contributed by atoms with E-state index in [1.165, 1.54) is 14.2 Å². The molecule has 0 bridgehead atoms. The molecule has 0 fully saturated rings. The van der Waals surface area contributed by atoms with E-state index in [2.05, 4.69) is 4.72 Å². The van der Waals surface area contributed by atoms with E-state index in [0.29, 0.717) is 11.3 Å². The maximum Gasteiger partial charge on any atom is 0.304 e. The number of aliphatic carboxylic acids is 1. The van der Waals surface area contributed by atoms with Gasteiger partial charge in [-0.2, -0.15) is 17.4 Å². The van der Waals surface area contributed by atoms with E-state index in [1.54, 1.807) is 31.2 Å². The van der Waals surface area contributed by atoms with E-state index in [0.717, 1.165) is 4.31 Å². The van der Waals surface area contributed by atoms with Gasteiger partial charge in [-0.05, 0) is 13.0 Å². The summed E-state index contributed by atoms with van der Waals surface area (Å²) in [5, 5.41) is 8.60. The lowest BCUT2D eigenvalue weighted by Gasteiger charge is -2.22. The number of carboxylic acid groups (broad SMARTS) is 1. The summed E-state index contributed by atoms with van der Waals surface area (Å²) < 4.78 is 32.9. The zero-order valence-corrected chi connectivity index (χ0v) is 13.1. The summed E-state index contributed by atoms with van der Waals surface area (Å²) in [6.45, 7) is 1.60. The van der Waals surface area contributed by atoms with Crippen molar-refractivity contribution in [3.8, 4) is 5.75 Å². The second-order valence-corrected chi connectivity index (χ2v) is 6.36. The molecule has 1 aromatic rings. The van der Waals surface area contributed by atoms with Crippen LogP contribution in [0.25, 0.3) is 0 Å². The molecule has 2 N–H and O–H groups in total. The van der Waals surface area contributed by atoms with Crippen molar-refractivity contribution in [3.63, 3.8) is 0 Å². The highest BCUT2D eigenvalue weighted by Crippen LogP contribution is 2.25. The Bertz CT molecular complexity index is 588. The van der Waals surface area contributed by atoms with Crippen molar-refractivity contribution in [2.75, 3.05) is 20.7 Å². The molecule has 21 heavy (non-hydrogen) atoms. The van der Waals surface area contributed by atoms with Gasteiger partial charge in [-0.1, -0.05) is 18.2 Å². The molecule has 118 valence electrons. The molecule has 0 unspecified atom stereocenters. The molecule has 0 amide bonds. The minimum atomic E-state index is -3.76. The molecular formula is C13H20N2O5S. The Morgan fingerprint density at radius 2 is 2.05 bits per heavy atom. The lowest BCUT2D eigenvalue weighted by Crippen LogP contribution is -2.40. The maximum atomic E-state index is 12.1. The lowest BCUT2D eigenvalue weighted by atomic mass is 10.1. The van der Waals surface area contributed by atoms with Gasteiger partial charge in [0.05, 0.1) is 13.5 Å². The first-order chi connectivity index (χ1) is 9.77. The summed E-state index contributed by atoms with van der Waals surface area (Å²) in [5.74, 6) is -0.462. The molecule has 1 atom stereocenters. The van der Waals surface area contributed by atoms with E-state index in [1.807, 2.05) is 0 Å². The Balaban J connectivity index is 2.80. The van der Waals surface area contributed by atoms with Crippen molar-refractivity contribution in [2.24, 2.45) is 0 Å². The van der Waals surface area contributed by atoms with Crippen molar-refractivity contribution in [1.82, 2.24) is 9.03 Å². The van der Waals surface area contributed by atoms with Crippen molar-refractivity contribution in [3.05, 3.63) is 29.8 Å². The van der Waals surface area contributed by atoms with Crippen molar-refractivity contribution in [2.45, 2.75) is 19.4 Å². The molecule has 0 aromatic heterocycles. The topological polar surface area (TPSA) is 95.9 Å². The third-order valence-electron chi connectivity index (χ3n) is 2.98. The van der Waals surface area contributed by atoms with Crippen LogP contribution in [-0.4, -0.2) is 44.5 Å². The van der Waals surface area contributed by atoms with E-state index in [9.17, 15) is 13.2 Å². The van der Waals surface area contributed by atoms with Crippen LogP contribution in [0.3, 0.4) is 0 Å². The van der Waals surface area contributed by atoms with Gasteiger partial charge >= 0.3 is 5.97 Å². The summed E-state index contributed by atoms with van der Waals surface area (Å²) in [5.41, 5.74) is 0.704. The number of ether oxygens (including phenoxy) is 1. The van der Waals surface area contributed by atoms with Gasteiger partial charge < -0.3 is 9.84 Å². The second kappa shape index (κ2) is 7.39. The number of methoxy groups -OCH3 is 1. The van der Waals surface area contributed by atoms with Gasteiger partial charge in [0.25, 0.3) is 10.2 Å². The molecule has 0 aliphatic heterocycles. The summed E-state index contributed by atoms with van der Waals surface area (Å²) in [6.07, 6.45) is -0.250. The first kappa shape index (κ1) is 17.4. The van der Waals surface area contributed by atoms with Crippen LogP contribution in [0.1, 0.15) is 24.9 Å². The van der Waals surface area contributed by atoms with Crippen LogP contribution in [-0.2, 0) is 15.0 Å². The molecule has 0 saturated heterocycles. The number of carboxylic acids is 1. The number of nitrogens with one attached hydrogen (secondary N) is 1.